The van der Waals surface area contributed by atoms with Crippen molar-refractivity contribution in [2.75, 3.05) is 0 Å². The molecule has 0 amide bonds. The van der Waals surface area contributed by atoms with Gasteiger partial charge in [0.25, 0.3) is 22.0 Å². The van der Waals surface area contributed by atoms with E-state index in [1.165, 1.54) is 22.6 Å². The van der Waals surface area contributed by atoms with Crippen LogP contribution in [0.2, 0.25) is 0 Å². The average Bonchev–Trinajstić information content (AvgIpc) is 2.06. The van der Waals surface area contributed by atoms with Crippen LogP contribution in [0.15, 0.2) is 15.9 Å². The number of primary sulfonamides is 1. The number of nitrogens with one attached hydrogen (secondary N) is 1. The Morgan fingerprint density at radius 1 is 1.47 bits per heavy atom. The number of halogens is 3. The van der Waals surface area contributed by atoms with Crippen molar-refractivity contribution >= 4 is 32.6 Å². The van der Waals surface area contributed by atoms with Gasteiger partial charge in [-0.2, -0.15) is 0 Å². The van der Waals surface area contributed by atoms with Crippen LogP contribution in [0.5, 0.6) is 0 Å². The molecule has 0 saturated carbocycles. The second-order valence-electron chi connectivity index (χ2n) is 2.58. The third-order valence-electron chi connectivity index (χ3n) is 1.52. The minimum atomic E-state index is -4.19. The molecule has 0 radical (unpaired) electrons. The molecule has 0 aliphatic rings. The summed E-state index contributed by atoms with van der Waals surface area (Å²) in [5, 5.41) is 3.98. The molecule has 0 aromatic carbocycles. The molecule has 0 bridgehead atoms. The van der Waals surface area contributed by atoms with Crippen LogP contribution in [0.3, 0.4) is 0 Å². The van der Waals surface area contributed by atoms with E-state index < -0.39 is 32.6 Å². The highest BCUT2D eigenvalue weighted by Gasteiger charge is 2.19. The van der Waals surface area contributed by atoms with E-state index in [-0.39, 0.29) is 3.57 Å². The molecule has 0 saturated heterocycles. The molecule has 5 nitrogen and oxygen atoms in total. The summed E-state index contributed by atoms with van der Waals surface area (Å²) in [7, 11) is -4.19. The number of sulfonamides is 1. The number of hydrogen-bond acceptors (Lipinski definition) is 3. The lowest BCUT2D eigenvalue weighted by Gasteiger charge is -2.04. The van der Waals surface area contributed by atoms with E-state index in [4.69, 9.17) is 5.14 Å². The fourth-order valence-corrected chi connectivity index (χ4v) is 1.90. The zero-order valence-corrected chi connectivity index (χ0v) is 9.97. The SMILES string of the molecule is NS(=O)(=O)c1cc(C(F)F)c(I)c(=O)[nH]1. The van der Waals surface area contributed by atoms with Crippen molar-refractivity contribution in [2.45, 2.75) is 11.5 Å². The zero-order chi connectivity index (χ0) is 11.8. The predicted octanol–water partition coefficient (Wildman–Crippen LogP) is 0.565. The molecule has 1 rings (SSSR count). The average molecular weight is 350 g/mol. The van der Waals surface area contributed by atoms with E-state index in [0.29, 0.717) is 6.07 Å². The van der Waals surface area contributed by atoms with Gasteiger partial charge in [0.1, 0.15) is 0 Å². The van der Waals surface area contributed by atoms with Crippen molar-refractivity contribution in [2.24, 2.45) is 5.14 Å². The topological polar surface area (TPSA) is 93.0 Å². The maximum atomic E-state index is 12.4. The molecule has 0 spiro atoms. The highest BCUT2D eigenvalue weighted by atomic mass is 127. The number of hydrogen-bond donors (Lipinski definition) is 2. The van der Waals surface area contributed by atoms with Crippen molar-refractivity contribution in [3.05, 3.63) is 25.6 Å². The molecule has 0 fully saturated rings. The maximum absolute atomic E-state index is 12.4. The van der Waals surface area contributed by atoms with E-state index in [1.807, 2.05) is 4.98 Å². The van der Waals surface area contributed by atoms with Gasteiger partial charge in [-0.1, -0.05) is 0 Å². The van der Waals surface area contributed by atoms with E-state index >= 15 is 0 Å². The van der Waals surface area contributed by atoms with Crippen LogP contribution in [-0.4, -0.2) is 13.4 Å². The Morgan fingerprint density at radius 3 is 2.40 bits per heavy atom. The number of rotatable bonds is 2. The number of pyridine rings is 1. The minimum Gasteiger partial charge on any atom is -0.311 e. The Kier molecular flexibility index (Phi) is 3.45. The molecule has 0 unspecified atom stereocenters. The van der Waals surface area contributed by atoms with Gasteiger partial charge < -0.3 is 4.98 Å². The summed E-state index contributed by atoms with van der Waals surface area (Å²) in [6.45, 7) is 0. The van der Waals surface area contributed by atoms with Crippen molar-refractivity contribution in [1.82, 2.24) is 4.98 Å². The highest BCUT2D eigenvalue weighted by Crippen LogP contribution is 2.23. The Hall–Kier alpha value is -0.550. The van der Waals surface area contributed by atoms with Crippen LogP contribution < -0.4 is 10.7 Å². The molecule has 0 aliphatic heterocycles. The number of aromatic amines is 1. The molecule has 1 aromatic heterocycles. The zero-order valence-electron chi connectivity index (χ0n) is 7.00. The second-order valence-corrected chi connectivity index (χ2v) is 5.19. The molecule has 1 heterocycles. The summed E-state index contributed by atoms with van der Waals surface area (Å²) in [5.41, 5.74) is -1.55. The molecule has 15 heavy (non-hydrogen) atoms. The van der Waals surface area contributed by atoms with E-state index in [9.17, 15) is 22.0 Å². The predicted molar refractivity (Wildman–Crippen MR) is 56.1 cm³/mol. The fraction of sp³-hybridized carbons (Fsp3) is 0.167. The first kappa shape index (κ1) is 12.5. The number of aromatic nitrogens is 1. The number of alkyl halides is 2. The van der Waals surface area contributed by atoms with Crippen molar-refractivity contribution in [3.8, 4) is 0 Å². The summed E-state index contributed by atoms with van der Waals surface area (Å²) in [6, 6.07) is 0.656. The van der Waals surface area contributed by atoms with Gasteiger partial charge in [-0.15, -0.1) is 0 Å². The van der Waals surface area contributed by atoms with Crippen LogP contribution in [0, 0.1) is 3.57 Å². The van der Waals surface area contributed by atoms with E-state index in [2.05, 4.69) is 0 Å². The molecular formula is C6H5F2IN2O3S. The van der Waals surface area contributed by atoms with Crippen LogP contribution in [0.4, 0.5) is 8.78 Å². The molecule has 0 atom stereocenters. The van der Waals surface area contributed by atoms with E-state index in [0.717, 1.165) is 0 Å². The summed E-state index contributed by atoms with van der Waals surface area (Å²) < 4.78 is 46.2. The Bertz CT molecular complexity index is 540. The number of nitrogens with two attached hydrogens (primary N) is 1. The Labute approximate surface area is 96.9 Å². The van der Waals surface area contributed by atoms with Gasteiger partial charge in [-0.3, -0.25) is 4.79 Å². The summed E-state index contributed by atoms with van der Waals surface area (Å²) in [4.78, 5) is 13.0. The first-order chi connectivity index (χ1) is 6.73. The fourth-order valence-electron chi connectivity index (χ4n) is 0.851. The molecular weight excluding hydrogens is 345 g/mol. The smallest absolute Gasteiger partial charge is 0.265 e. The Morgan fingerprint density at radius 2 is 2.00 bits per heavy atom. The van der Waals surface area contributed by atoms with Gasteiger partial charge in [0.15, 0.2) is 5.03 Å². The first-order valence-corrected chi connectivity index (χ1v) is 6.09. The van der Waals surface area contributed by atoms with Crippen LogP contribution >= 0.6 is 22.6 Å². The van der Waals surface area contributed by atoms with Gasteiger partial charge >= 0.3 is 0 Å². The number of H-pyrrole nitrogens is 1. The molecule has 0 aliphatic carbocycles. The maximum Gasteiger partial charge on any atom is 0.265 e. The molecule has 1 aromatic rings. The second kappa shape index (κ2) is 4.14. The van der Waals surface area contributed by atoms with Gasteiger partial charge in [-0.25, -0.2) is 22.3 Å². The third-order valence-corrected chi connectivity index (χ3v) is 3.46. The largest absolute Gasteiger partial charge is 0.311 e. The molecule has 3 N–H and O–H groups in total. The van der Waals surface area contributed by atoms with Crippen molar-refractivity contribution < 1.29 is 17.2 Å². The lowest BCUT2D eigenvalue weighted by Crippen LogP contribution is -2.22. The molecule has 84 valence electrons. The summed E-state index contributed by atoms with van der Waals surface area (Å²) in [6.07, 6.45) is -2.93. The van der Waals surface area contributed by atoms with Crippen LogP contribution in [0.1, 0.15) is 12.0 Å². The third kappa shape index (κ3) is 2.72. The van der Waals surface area contributed by atoms with Crippen LogP contribution in [-0.2, 0) is 10.0 Å². The highest BCUT2D eigenvalue weighted by molar-refractivity contribution is 14.1. The normalized spacial score (nSPS) is 12.1. The van der Waals surface area contributed by atoms with Gasteiger partial charge in [0.05, 0.1) is 3.57 Å². The minimum absolute atomic E-state index is 0.255. The van der Waals surface area contributed by atoms with Crippen molar-refractivity contribution in [3.63, 3.8) is 0 Å². The van der Waals surface area contributed by atoms with Gasteiger partial charge in [-0.05, 0) is 28.7 Å². The standard InChI is InChI=1S/C6H5F2IN2O3S/c7-5(8)2-1-3(15(10,13)14)11-6(12)4(2)9/h1,5H,(H,11,12)(H2,10,13,14). The van der Waals surface area contributed by atoms with Gasteiger partial charge in [0.2, 0.25) is 0 Å². The monoisotopic (exact) mass is 350 g/mol. The van der Waals surface area contributed by atoms with Crippen molar-refractivity contribution in [1.29, 1.82) is 0 Å². The summed E-state index contributed by atoms with van der Waals surface area (Å²) >= 11 is 1.41. The quantitative estimate of drug-likeness (QED) is 0.764. The lowest BCUT2D eigenvalue weighted by molar-refractivity contribution is 0.149. The van der Waals surface area contributed by atoms with Crippen LogP contribution in [0.25, 0.3) is 0 Å². The summed E-state index contributed by atoms with van der Waals surface area (Å²) in [5.74, 6) is 0. The molecule has 9 heteroatoms. The Balaban J connectivity index is 3.58. The van der Waals surface area contributed by atoms with Gasteiger partial charge in [0, 0.05) is 5.56 Å². The lowest BCUT2D eigenvalue weighted by atomic mass is 10.3. The first-order valence-electron chi connectivity index (χ1n) is 3.47. The van der Waals surface area contributed by atoms with E-state index in [1.54, 1.807) is 0 Å².